The minimum atomic E-state index is -0.0268. The van der Waals surface area contributed by atoms with Crippen molar-refractivity contribution in [3.63, 3.8) is 0 Å². The van der Waals surface area contributed by atoms with Crippen LogP contribution in [0.5, 0.6) is 0 Å². The van der Waals surface area contributed by atoms with Crippen molar-refractivity contribution in [1.29, 1.82) is 0 Å². The van der Waals surface area contributed by atoms with E-state index < -0.39 is 0 Å². The second-order valence-corrected chi connectivity index (χ2v) is 4.84. The maximum Gasteiger partial charge on any atom is 0.196 e. The highest BCUT2D eigenvalue weighted by Gasteiger charge is 2.17. The summed E-state index contributed by atoms with van der Waals surface area (Å²) >= 11 is 0. The van der Waals surface area contributed by atoms with Crippen LogP contribution >= 0.6 is 0 Å². The molecule has 1 aliphatic rings. The third kappa shape index (κ3) is 2.54. The molecule has 2 aromatic rings. The molecule has 0 spiro atoms. The summed E-state index contributed by atoms with van der Waals surface area (Å²) in [7, 11) is 0. The van der Waals surface area contributed by atoms with E-state index in [2.05, 4.69) is 35.9 Å². The van der Waals surface area contributed by atoms with Crippen molar-refractivity contribution in [3.05, 3.63) is 23.4 Å². The van der Waals surface area contributed by atoms with Gasteiger partial charge in [0.2, 0.25) is 0 Å². The topological polar surface area (TPSA) is 92.3 Å². The molecular formula is C12H17N7. The Morgan fingerprint density at radius 2 is 2.11 bits per heavy atom. The van der Waals surface area contributed by atoms with Crippen LogP contribution in [0.1, 0.15) is 49.3 Å². The van der Waals surface area contributed by atoms with Crippen molar-refractivity contribution in [1.82, 2.24) is 30.6 Å². The van der Waals surface area contributed by atoms with Crippen molar-refractivity contribution in [3.8, 4) is 0 Å². The third-order valence-corrected chi connectivity index (χ3v) is 3.48. The van der Waals surface area contributed by atoms with Crippen molar-refractivity contribution in [2.75, 3.05) is 5.32 Å². The number of tetrazole rings is 1. The number of aromatic amines is 1. The second kappa shape index (κ2) is 5.29. The number of nitrogens with zero attached hydrogens (tertiary/aromatic N) is 5. The number of fused-ring (bicyclic) bond motifs is 1. The van der Waals surface area contributed by atoms with Gasteiger partial charge in [-0.25, -0.2) is 9.97 Å². The van der Waals surface area contributed by atoms with Gasteiger partial charge in [0.1, 0.15) is 12.1 Å². The Labute approximate surface area is 111 Å². The smallest absolute Gasteiger partial charge is 0.196 e. The molecule has 1 aliphatic carbocycles. The van der Waals surface area contributed by atoms with E-state index in [-0.39, 0.29) is 6.04 Å². The van der Waals surface area contributed by atoms with Gasteiger partial charge in [0.25, 0.3) is 0 Å². The Morgan fingerprint density at radius 1 is 1.21 bits per heavy atom. The summed E-state index contributed by atoms with van der Waals surface area (Å²) in [6.45, 7) is 2.00. The number of nitrogens with one attached hydrogen (secondary N) is 2. The lowest BCUT2D eigenvalue weighted by Crippen LogP contribution is -2.13. The van der Waals surface area contributed by atoms with E-state index in [1.165, 1.54) is 30.5 Å². The molecule has 7 nitrogen and oxygen atoms in total. The molecule has 1 unspecified atom stereocenters. The van der Waals surface area contributed by atoms with Gasteiger partial charge in [0, 0.05) is 11.3 Å². The molecule has 1 atom stereocenters. The van der Waals surface area contributed by atoms with Crippen LogP contribution in [0, 0.1) is 0 Å². The Hall–Kier alpha value is -2.05. The van der Waals surface area contributed by atoms with E-state index in [4.69, 9.17) is 0 Å². The normalized spacial score (nSPS) is 16.5. The fourth-order valence-electron chi connectivity index (χ4n) is 2.44. The molecule has 100 valence electrons. The molecular weight excluding hydrogens is 242 g/mol. The Kier molecular flexibility index (Phi) is 3.35. The van der Waals surface area contributed by atoms with E-state index in [0.29, 0.717) is 5.82 Å². The standard InChI is InChI=1S/C12H17N7/c1-8(11-16-18-19-17-11)15-12-9-5-3-2-4-6-10(9)13-7-14-12/h7-8H,2-6H2,1H3,(H,13,14,15)(H,16,17,18,19). The first-order valence-corrected chi connectivity index (χ1v) is 6.67. The maximum absolute atomic E-state index is 4.41. The highest BCUT2D eigenvalue weighted by Crippen LogP contribution is 2.25. The first-order chi connectivity index (χ1) is 9.34. The number of hydrogen-bond donors (Lipinski definition) is 2. The number of aromatic nitrogens is 6. The quantitative estimate of drug-likeness (QED) is 0.810. The molecule has 3 rings (SSSR count). The fourth-order valence-corrected chi connectivity index (χ4v) is 2.44. The fraction of sp³-hybridized carbons (Fsp3) is 0.583. The largest absolute Gasteiger partial charge is 0.360 e. The average Bonchev–Trinajstić information content (AvgIpc) is 2.84. The molecule has 0 saturated carbocycles. The summed E-state index contributed by atoms with van der Waals surface area (Å²) in [6.07, 6.45) is 7.39. The number of aryl methyl sites for hydroxylation is 1. The van der Waals surface area contributed by atoms with Gasteiger partial charge in [0.05, 0.1) is 6.04 Å². The Balaban J connectivity index is 1.85. The molecule has 0 radical (unpaired) electrons. The predicted molar refractivity (Wildman–Crippen MR) is 69.5 cm³/mol. The Morgan fingerprint density at radius 3 is 2.95 bits per heavy atom. The van der Waals surface area contributed by atoms with Gasteiger partial charge >= 0.3 is 0 Å². The first kappa shape index (κ1) is 12.0. The molecule has 0 amide bonds. The summed E-state index contributed by atoms with van der Waals surface area (Å²) in [5.74, 6) is 1.55. The van der Waals surface area contributed by atoms with E-state index >= 15 is 0 Å². The van der Waals surface area contributed by atoms with Gasteiger partial charge in [-0.2, -0.15) is 5.21 Å². The number of anilines is 1. The van der Waals surface area contributed by atoms with Gasteiger partial charge in [-0.1, -0.05) is 11.6 Å². The van der Waals surface area contributed by atoms with Gasteiger partial charge in [-0.15, -0.1) is 10.2 Å². The molecule has 0 aliphatic heterocycles. The highest BCUT2D eigenvalue weighted by molar-refractivity contribution is 5.47. The van der Waals surface area contributed by atoms with Crippen molar-refractivity contribution >= 4 is 5.82 Å². The van der Waals surface area contributed by atoms with Crippen LogP contribution < -0.4 is 5.32 Å². The van der Waals surface area contributed by atoms with Crippen LogP contribution in [-0.4, -0.2) is 30.6 Å². The second-order valence-electron chi connectivity index (χ2n) is 4.84. The monoisotopic (exact) mass is 259 g/mol. The minimum Gasteiger partial charge on any atom is -0.360 e. The SMILES string of the molecule is CC(Nc1ncnc2c1CCCCC2)c1nn[nH]n1. The molecule has 2 heterocycles. The van der Waals surface area contributed by atoms with Crippen LogP contribution in [0.25, 0.3) is 0 Å². The summed E-state index contributed by atoms with van der Waals surface area (Å²) in [5.41, 5.74) is 2.42. The van der Waals surface area contributed by atoms with Gasteiger partial charge in [0.15, 0.2) is 5.82 Å². The van der Waals surface area contributed by atoms with Crippen molar-refractivity contribution in [2.45, 2.75) is 45.1 Å². The highest BCUT2D eigenvalue weighted by atomic mass is 15.5. The molecule has 2 aromatic heterocycles. The molecule has 0 saturated heterocycles. The molecule has 0 fully saturated rings. The maximum atomic E-state index is 4.41. The molecule has 2 N–H and O–H groups in total. The van der Waals surface area contributed by atoms with Crippen LogP contribution in [0.3, 0.4) is 0 Å². The van der Waals surface area contributed by atoms with E-state index in [0.717, 1.165) is 18.7 Å². The minimum absolute atomic E-state index is 0.0268. The van der Waals surface area contributed by atoms with Crippen LogP contribution in [0.4, 0.5) is 5.82 Å². The zero-order valence-corrected chi connectivity index (χ0v) is 10.9. The van der Waals surface area contributed by atoms with Crippen LogP contribution in [0.2, 0.25) is 0 Å². The number of rotatable bonds is 3. The zero-order chi connectivity index (χ0) is 13.1. The first-order valence-electron chi connectivity index (χ1n) is 6.67. The lowest BCUT2D eigenvalue weighted by Gasteiger charge is -2.15. The van der Waals surface area contributed by atoms with E-state index in [1.54, 1.807) is 6.33 Å². The lowest BCUT2D eigenvalue weighted by atomic mass is 10.1. The summed E-state index contributed by atoms with van der Waals surface area (Å²) in [5, 5.41) is 17.4. The summed E-state index contributed by atoms with van der Waals surface area (Å²) in [6, 6.07) is -0.0268. The van der Waals surface area contributed by atoms with Crippen LogP contribution in [-0.2, 0) is 12.8 Å². The average molecular weight is 259 g/mol. The third-order valence-electron chi connectivity index (χ3n) is 3.48. The van der Waals surface area contributed by atoms with Gasteiger partial charge in [-0.05, 0) is 32.6 Å². The lowest BCUT2D eigenvalue weighted by molar-refractivity contribution is 0.708. The molecule has 7 heteroatoms. The van der Waals surface area contributed by atoms with Crippen molar-refractivity contribution < 1.29 is 0 Å². The van der Waals surface area contributed by atoms with E-state index in [1.807, 2.05) is 6.92 Å². The molecule has 19 heavy (non-hydrogen) atoms. The zero-order valence-electron chi connectivity index (χ0n) is 10.9. The molecule has 0 bridgehead atoms. The van der Waals surface area contributed by atoms with Crippen molar-refractivity contribution in [2.24, 2.45) is 0 Å². The van der Waals surface area contributed by atoms with Crippen LogP contribution in [0.15, 0.2) is 6.33 Å². The molecule has 0 aromatic carbocycles. The number of H-pyrrole nitrogens is 1. The Bertz CT molecular complexity index is 537. The van der Waals surface area contributed by atoms with Gasteiger partial charge < -0.3 is 5.32 Å². The predicted octanol–water partition coefficient (Wildman–Crippen LogP) is 1.43. The number of hydrogen-bond acceptors (Lipinski definition) is 6. The van der Waals surface area contributed by atoms with E-state index in [9.17, 15) is 0 Å². The summed E-state index contributed by atoms with van der Waals surface area (Å²) < 4.78 is 0. The van der Waals surface area contributed by atoms with Gasteiger partial charge in [-0.3, -0.25) is 0 Å². The summed E-state index contributed by atoms with van der Waals surface area (Å²) in [4.78, 5) is 8.78.